The number of benzene rings is 1. The van der Waals surface area contributed by atoms with Gasteiger partial charge in [0.2, 0.25) is 5.88 Å². The lowest BCUT2D eigenvalue weighted by Crippen LogP contribution is -2.22. The van der Waals surface area contributed by atoms with Crippen molar-refractivity contribution in [1.82, 2.24) is 9.55 Å². The van der Waals surface area contributed by atoms with E-state index in [-0.39, 0.29) is 23.4 Å². The van der Waals surface area contributed by atoms with Gasteiger partial charge in [-0.05, 0) is 42.8 Å². The molecule has 0 atom stereocenters. The van der Waals surface area contributed by atoms with Gasteiger partial charge in [-0.15, -0.1) is 5.11 Å². The zero-order valence-electron chi connectivity index (χ0n) is 14.3. The third-order valence-corrected chi connectivity index (χ3v) is 3.92. The average Bonchev–Trinajstić information content (AvgIpc) is 2.68. The van der Waals surface area contributed by atoms with Crippen LogP contribution in [0.5, 0.6) is 5.88 Å². The quantitative estimate of drug-likeness (QED) is 0.713. The number of hydrogen-bond acceptors (Lipinski definition) is 6. The monoisotopic (exact) mass is 363 g/mol. The number of aromatic hydroxyl groups is 1. The fourth-order valence-electron chi connectivity index (χ4n) is 2.49. The Balaban J connectivity index is 2.10. The molecule has 0 saturated heterocycles. The standard InChI is InChI=1S/C19H14FN5O2/c1-12-16(9-21)18(26)25(11-13-3-2-8-22-10-13)19(27)17(12)24-23-15-6-4-14(20)5-7-15/h2-8,10,26H,11H2,1H3. The minimum atomic E-state index is -0.598. The zero-order chi connectivity index (χ0) is 19.4. The van der Waals surface area contributed by atoms with Crippen LogP contribution >= 0.6 is 0 Å². The minimum Gasteiger partial charge on any atom is -0.493 e. The van der Waals surface area contributed by atoms with E-state index in [0.29, 0.717) is 11.3 Å². The molecule has 3 aromatic rings. The van der Waals surface area contributed by atoms with Gasteiger partial charge < -0.3 is 5.11 Å². The van der Waals surface area contributed by atoms with E-state index in [1.165, 1.54) is 31.2 Å². The van der Waals surface area contributed by atoms with Crippen LogP contribution in [-0.4, -0.2) is 14.7 Å². The number of hydrogen-bond donors (Lipinski definition) is 1. The molecule has 0 aliphatic carbocycles. The molecule has 0 aliphatic heterocycles. The summed E-state index contributed by atoms with van der Waals surface area (Å²) in [5.74, 6) is -0.857. The second-order valence-corrected chi connectivity index (χ2v) is 5.71. The van der Waals surface area contributed by atoms with Crippen molar-refractivity contribution in [3.63, 3.8) is 0 Å². The Bertz CT molecular complexity index is 1100. The summed E-state index contributed by atoms with van der Waals surface area (Å²) in [5, 5.41) is 27.6. The average molecular weight is 363 g/mol. The summed E-state index contributed by atoms with van der Waals surface area (Å²) >= 11 is 0. The Morgan fingerprint density at radius 3 is 2.63 bits per heavy atom. The number of azo groups is 1. The van der Waals surface area contributed by atoms with Gasteiger partial charge in [0.15, 0.2) is 5.69 Å². The second kappa shape index (κ2) is 7.58. The highest BCUT2D eigenvalue weighted by Crippen LogP contribution is 2.27. The Hall–Kier alpha value is -3.86. The number of rotatable bonds is 4. The predicted octanol–water partition coefficient (Wildman–Crippen LogP) is 3.73. The van der Waals surface area contributed by atoms with Crippen molar-refractivity contribution in [3.8, 4) is 11.9 Å². The van der Waals surface area contributed by atoms with E-state index in [1.54, 1.807) is 24.5 Å². The number of nitrogens with zero attached hydrogens (tertiary/aromatic N) is 5. The minimum absolute atomic E-state index is 0.0204. The molecule has 0 unspecified atom stereocenters. The molecule has 0 radical (unpaired) electrons. The van der Waals surface area contributed by atoms with Crippen molar-refractivity contribution in [2.24, 2.45) is 10.2 Å². The molecule has 0 aliphatic rings. The Morgan fingerprint density at radius 2 is 2.00 bits per heavy atom. The molecule has 8 heteroatoms. The second-order valence-electron chi connectivity index (χ2n) is 5.71. The molecule has 3 rings (SSSR count). The highest BCUT2D eigenvalue weighted by atomic mass is 19.1. The molecule has 1 N–H and O–H groups in total. The predicted molar refractivity (Wildman–Crippen MR) is 95.7 cm³/mol. The first-order chi connectivity index (χ1) is 13.0. The van der Waals surface area contributed by atoms with Gasteiger partial charge in [-0.2, -0.15) is 10.4 Å². The van der Waals surface area contributed by atoms with E-state index in [0.717, 1.165) is 4.57 Å². The molecule has 0 bridgehead atoms. The van der Waals surface area contributed by atoms with Crippen LogP contribution < -0.4 is 5.56 Å². The molecule has 2 heterocycles. The largest absolute Gasteiger partial charge is 0.493 e. The van der Waals surface area contributed by atoms with Gasteiger partial charge in [0, 0.05) is 18.0 Å². The smallest absolute Gasteiger partial charge is 0.281 e. The third kappa shape index (κ3) is 3.72. The molecule has 0 amide bonds. The van der Waals surface area contributed by atoms with Crippen LogP contribution in [0, 0.1) is 24.1 Å². The SMILES string of the molecule is Cc1c(C#N)c(O)n(Cc2cccnc2)c(=O)c1N=Nc1ccc(F)cc1. The molecule has 0 fully saturated rings. The first kappa shape index (κ1) is 17.9. The maximum absolute atomic E-state index is 13.0. The van der Waals surface area contributed by atoms with Crippen molar-refractivity contribution in [3.05, 3.63) is 81.7 Å². The Morgan fingerprint density at radius 1 is 1.26 bits per heavy atom. The van der Waals surface area contributed by atoms with Gasteiger partial charge in [-0.1, -0.05) is 6.07 Å². The van der Waals surface area contributed by atoms with Crippen LogP contribution in [0.4, 0.5) is 15.8 Å². The fourth-order valence-corrected chi connectivity index (χ4v) is 2.49. The van der Waals surface area contributed by atoms with Gasteiger partial charge in [-0.25, -0.2) is 4.39 Å². The summed E-state index contributed by atoms with van der Waals surface area (Å²) < 4.78 is 14.0. The highest BCUT2D eigenvalue weighted by Gasteiger charge is 2.19. The van der Waals surface area contributed by atoms with E-state index < -0.39 is 17.3 Å². The van der Waals surface area contributed by atoms with Gasteiger partial charge in [0.1, 0.15) is 17.4 Å². The van der Waals surface area contributed by atoms with Crippen molar-refractivity contribution < 1.29 is 9.50 Å². The summed E-state index contributed by atoms with van der Waals surface area (Å²) in [6.07, 6.45) is 3.14. The lowest BCUT2D eigenvalue weighted by Gasteiger charge is -2.12. The first-order valence-electron chi connectivity index (χ1n) is 7.94. The van der Waals surface area contributed by atoms with Crippen molar-refractivity contribution in [2.75, 3.05) is 0 Å². The van der Waals surface area contributed by atoms with E-state index in [4.69, 9.17) is 0 Å². The van der Waals surface area contributed by atoms with Crippen LogP contribution in [0.15, 0.2) is 63.8 Å². The topological polar surface area (TPSA) is 104 Å². The first-order valence-corrected chi connectivity index (χ1v) is 7.94. The lowest BCUT2D eigenvalue weighted by molar-refractivity contribution is 0.412. The maximum atomic E-state index is 13.0. The molecule has 2 aromatic heterocycles. The van der Waals surface area contributed by atoms with E-state index in [2.05, 4.69) is 15.2 Å². The zero-order valence-corrected chi connectivity index (χ0v) is 14.3. The molecule has 0 spiro atoms. The van der Waals surface area contributed by atoms with E-state index >= 15 is 0 Å². The normalized spacial score (nSPS) is 10.9. The number of pyridine rings is 2. The van der Waals surface area contributed by atoms with Gasteiger partial charge in [0.25, 0.3) is 5.56 Å². The fraction of sp³-hybridized carbons (Fsp3) is 0.105. The summed E-state index contributed by atoms with van der Waals surface area (Å²) in [5.41, 5.74) is 0.501. The molecule has 134 valence electrons. The Labute approximate surface area is 153 Å². The van der Waals surface area contributed by atoms with Gasteiger partial charge >= 0.3 is 0 Å². The lowest BCUT2D eigenvalue weighted by atomic mass is 10.1. The van der Waals surface area contributed by atoms with Crippen molar-refractivity contribution in [2.45, 2.75) is 13.5 Å². The highest BCUT2D eigenvalue weighted by molar-refractivity contribution is 5.57. The number of aromatic nitrogens is 2. The number of halogens is 1. The summed E-state index contributed by atoms with van der Waals surface area (Å²) in [7, 11) is 0. The van der Waals surface area contributed by atoms with Crippen LogP contribution in [0.2, 0.25) is 0 Å². The van der Waals surface area contributed by atoms with Gasteiger partial charge in [-0.3, -0.25) is 14.3 Å². The third-order valence-electron chi connectivity index (χ3n) is 3.92. The van der Waals surface area contributed by atoms with Crippen molar-refractivity contribution >= 4 is 11.4 Å². The number of nitriles is 1. The molecule has 27 heavy (non-hydrogen) atoms. The van der Waals surface area contributed by atoms with E-state index in [1.807, 2.05) is 6.07 Å². The molecule has 7 nitrogen and oxygen atoms in total. The summed E-state index contributed by atoms with van der Waals surface area (Å²) in [4.78, 5) is 16.8. The van der Waals surface area contributed by atoms with Crippen molar-refractivity contribution in [1.29, 1.82) is 5.26 Å². The maximum Gasteiger partial charge on any atom is 0.281 e. The van der Waals surface area contributed by atoms with Crippen LogP contribution in [0.3, 0.4) is 0 Å². The molecule has 0 saturated carbocycles. The summed E-state index contributed by atoms with van der Waals surface area (Å²) in [6.45, 7) is 1.53. The van der Waals surface area contributed by atoms with E-state index in [9.17, 15) is 19.6 Å². The Kier molecular flexibility index (Phi) is 5.04. The summed E-state index contributed by atoms with van der Waals surface area (Å²) in [6, 6.07) is 10.6. The van der Waals surface area contributed by atoms with Crippen LogP contribution in [0.25, 0.3) is 0 Å². The van der Waals surface area contributed by atoms with Crippen LogP contribution in [0.1, 0.15) is 16.7 Å². The molecular weight excluding hydrogens is 349 g/mol. The molecule has 1 aromatic carbocycles. The van der Waals surface area contributed by atoms with Crippen LogP contribution in [-0.2, 0) is 6.54 Å². The molecular formula is C19H14FN5O2. The van der Waals surface area contributed by atoms with Gasteiger partial charge in [0.05, 0.1) is 12.2 Å².